The Bertz CT molecular complexity index is 844. The number of aliphatic hydroxyl groups is 1. The molecule has 1 aliphatic heterocycles. The molecule has 2 aromatic carbocycles. The Morgan fingerprint density at radius 2 is 1.62 bits per heavy atom. The molecule has 3 rings (SSSR count). The second-order valence-corrected chi connectivity index (χ2v) is 7.16. The number of fused-ring (bicyclic) bond motifs is 1. The molecule has 1 aliphatic rings. The van der Waals surface area contributed by atoms with Crippen LogP contribution in [0.1, 0.15) is 6.42 Å². The lowest BCUT2D eigenvalue weighted by atomic mass is 10.2. The zero-order valence-corrected chi connectivity index (χ0v) is 13.7. The van der Waals surface area contributed by atoms with E-state index in [-0.39, 0.29) is 25.2 Å². The summed E-state index contributed by atoms with van der Waals surface area (Å²) in [6.45, 7) is 0.106. The zero-order valence-electron chi connectivity index (χ0n) is 12.8. The van der Waals surface area contributed by atoms with Crippen molar-refractivity contribution in [3.63, 3.8) is 0 Å². The van der Waals surface area contributed by atoms with Gasteiger partial charge in [-0.2, -0.15) is 8.42 Å². The van der Waals surface area contributed by atoms with Crippen LogP contribution in [0, 0.1) is 5.82 Å². The van der Waals surface area contributed by atoms with Crippen LogP contribution in [0.2, 0.25) is 0 Å². The second-order valence-electron chi connectivity index (χ2n) is 5.46. The van der Waals surface area contributed by atoms with Crippen LogP contribution in [-0.4, -0.2) is 32.7 Å². The Morgan fingerprint density at radius 1 is 1.04 bits per heavy atom. The molecule has 0 fully saturated rings. The second kappa shape index (κ2) is 6.39. The van der Waals surface area contributed by atoms with Crippen LogP contribution in [-0.2, 0) is 10.2 Å². The van der Waals surface area contributed by atoms with Crippen LogP contribution in [0.15, 0.2) is 48.5 Å². The Kier molecular flexibility index (Phi) is 4.44. The number of aliphatic hydroxyl groups excluding tert-OH is 1. The van der Waals surface area contributed by atoms with E-state index in [2.05, 4.69) is 0 Å². The molecule has 0 radical (unpaired) electrons. The molecule has 0 saturated carbocycles. The van der Waals surface area contributed by atoms with Crippen LogP contribution >= 0.6 is 0 Å². The predicted octanol–water partition coefficient (Wildman–Crippen LogP) is 1.74. The van der Waals surface area contributed by atoms with E-state index in [9.17, 15) is 17.9 Å². The van der Waals surface area contributed by atoms with E-state index in [1.807, 2.05) is 0 Å². The number of rotatable bonds is 5. The number of hydrogen-bond acceptors (Lipinski definition) is 4. The fraction of sp³-hybridized carbons (Fsp3) is 0.250. The fourth-order valence-electron chi connectivity index (χ4n) is 2.68. The Balaban J connectivity index is 2.07. The number of halogens is 1. The summed E-state index contributed by atoms with van der Waals surface area (Å²) in [6.07, 6.45) is -0.607. The maximum atomic E-state index is 14.2. The highest BCUT2D eigenvalue weighted by atomic mass is 32.2. The topological polar surface area (TPSA) is 86.9 Å². The maximum absolute atomic E-state index is 14.2. The number of hydrogen-bond donors (Lipinski definition) is 2. The Labute approximate surface area is 140 Å². The SMILES string of the molecule is NCC(O)CCN1c2ccccc2N(c2ccccc2F)S1(=O)=O. The quantitative estimate of drug-likeness (QED) is 0.859. The van der Waals surface area contributed by atoms with Crippen LogP contribution in [0.5, 0.6) is 0 Å². The van der Waals surface area contributed by atoms with Gasteiger partial charge in [-0.15, -0.1) is 0 Å². The average Bonchev–Trinajstić information content (AvgIpc) is 2.79. The smallest absolute Gasteiger partial charge is 0.331 e. The summed E-state index contributed by atoms with van der Waals surface area (Å²) in [4.78, 5) is 0. The molecule has 1 heterocycles. The third-order valence-corrected chi connectivity index (χ3v) is 5.68. The normalized spacial score (nSPS) is 17.0. The highest BCUT2D eigenvalue weighted by molar-refractivity contribution is 7.95. The minimum Gasteiger partial charge on any atom is -0.392 e. The summed E-state index contributed by atoms with van der Waals surface area (Å²) in [5.74, 6) is -0.625. The van der Waals surface area contributed by atoms with Gasteiger partial charge in [0.15, 0.2) is 0 Å². The van der Waals surface area contributed by atoms with E-state index < -0.39 is 22.1 Å². The summed E-state index contributed by atoms with van der Waals surface area (Å²) in [5.41, 5.74) is 6.17. The molecular formula is C16H18FN3O3S. The van der Waals surface area contributed by atoms with Gasteiger partial charge in [-0.25, -0.2) is 8.70 Å². The van der Waals surface area contributed by atoms with Crippen molar-refractivity contribution in [2.45, 2.75) is 12.5 Å². The van der Waals surface area contributed by atoms with Gasteiger partial charge in [-0.3, -0.25) is 4.31 Å². The number of para-hydroxylation sites is 3. The molecule has 0 bridgehead atoms. The molecule has 0 saturated heterocycles. The van der Waals surface area contributed by atoms with Crippen molar-refractivity contribution in [1.82, 2.24) is 0 Å². The van der Waals surface area contributed by atoms with E-state index in [0.29, 0.717) is 11.4 Å². The number of nitrogens with two attached hydrogens (primary N) is 1. The van der Waals surface area contributed by atoms with Crippen LogP contribution in [0.25, 0.3) is 0 Å². The first-order valence-corrected chi connectivity index (χ1v) is 8.91. The molecule has 1 unspecified atom stereocenters. The number of benzene rings is 2. The van der Waals surface area contributed by atoms with E-state index in [1.54, 1.807) is 30.3 Å². The monoisotopic (exact) mass is 351 g/mol. The molecule has 0 aliphatic carbocycles. The summed E-state index contributed by atoms with van der Waals surface area (Å²) >= 11 is 0. The van der Waals surface area contributed by atoms with E-state index in [1.165, 1.54) is 22.5 Å². The van der Waals surface area contributed by atoms with Crippen molar-refractivity contribution in [2.24, 2.45) is 5.73 Å². The van der Waals surface area contributed by atoms with E-state index in [4.69, 9.17) is 5.73 Å². The van der Waals surface area contributed by atoms with Gasteiger partial charge < -0.3 is 10.8 Å². The molecule has 8 heteroatoms. The molecule has 1 atom stereocenters. The van der Waals surface area contributed by atoms with E-state index in [0.717, 1.165) is 4.31 Å². The molecule has 0 spiro atoms. The van der Waals surface area contributed by atoms with Gasteiger partial charge in [0.1, 0.15) is 5.82 Å². The molecule has 0 aromatic heterocycles. The third kappa shape index (κ3) is 2.72. The number of anilines is 3. The first-order valence-electron chi connectivity index (χ1n) is 7.51. The van der Waals surface area contributed by atoms with Gasteiger partial charge in [0.2, 0.25) is 0 Å². The van der Waals surface area contributed by atoms with Crippen LogP contribution in [0.4, 0.5) is 21.5 Å². The van der Waals surface area contributed by atoms with Crippen molar-refractivity contribution >= 4 is 27.3 Å². The molecule has 0 amide bonds. The Hall–Kier alpha value is -2.16. The van der Waals surface area contributed by atoms with Gasteiger partial charge >= 0.3 is 10.2 Å². The molecular weight excluding hydrogens is 333 g/mol. The summed E-state index contributed by atoms with van der Waals surface area (Å²) in [6, 6.07) is 12.4. The molecule has 24 heavy (non-hydrogen) atoms. The first-order chi connectivity index (χ1) is 11.5. The summed E-state index contributed by atoms with van der Waals surface area (Å²) in [5, 5.41) is 9.64. The van der Waals surface area contributed by atoms with Crippen LogP contribution < -0.4 is 14.3 Å². The summed E-state index contributed by atoms with van der Waals surface area (Å²) < 4.78 is 42.3. The number of nitrogens with zero attached hydrogens (tertiary/aromatic N) is 2. The average molecular weight is 351 g/mol. The van der Waals surface area contributed by atoms with Gasteiger partial charge in [-0.1, -0.05) is 24.3 Å². The summed E-state index contributed by atoms with van der Waals surface area (Å²) in [7, 11) is -3.99. The molecule has 3 N–H and O–H groups in total. The Morgan fingerprint density at radius 3 is 2.25 bits per heavy atom. The largest absolute Gasteiger partial charge is 0.392 e. The lowest BCUT2D eigenvalue weighted by Gasteiger charge is -2.22. The van der Waals surface area contributed by atoms with E-state index >= 15 is 0 Å². The third-order valence-electron chi connectivity index (χ3n) is 3.89. The predicted molar refractivity (Wildman–Crippen MR) is 90.9 cm³/mol. The van der Waals surface area contributed by atoms with Gasteiger partial charge in [0.05, 0.1) is 23.2 Å². The lowest BCUT2D eigenvalue weighted by Crippen LogP contribution is -2.38. The fourth-order valence-corrected chi connectivity index (χ4v) is 4.42. The van der Waals surface area contributed by atoms with Crippen molar-refractivity contribution in [2.75, 3.05) is 21.7 Å². The molecule has 128 valence electrons. The van der Waals surface area contributed by atoms with Gasteiger partial charge in [0.25, 0.3) is 0 Å². The molecule has 6 nitrogen and oxygen atoms in total. The van der Waals surface area contributed by atoms with Crippen LogP contribution in [0.3, 0.4) is 0 Å². The maximum Gasteiger partial charge on any atom is 0.331 e. The van der Waals surface area contributed by atoms with Gasteiger partial charge in [-0.05, 0) is 30.7 Å². The minimum atomic E-state index is -3.99. The standard InChI is InChI=1S/C16H18FN3O3S/c17-13-5-1-2-6-14(13)20-16-8-4-3-7-15(16)19(24(20,22)23)10-9-12(21)11-18/h1-8,12,21H,9-11,18H2. The first kappa shape index (κ1) is 16.7. The highest BCUT2D eigenvalue weighted by Gasteiger charge is 2.41. The molecule has 2 aromatic rings. The minimum absolute atomic E-state index is 0.0353. The van der Waals surface area contributed by atoms with Gasteiger partial charge in [0, 0.05) is 13.1 Å². The highest BCUT2D eigenvalue weighted by Crippen LogP contribution is 2.45. The zero-order chi connectivity index (χ0) is 17.3. The van der Waals surface area contributed by atoms with Crippen molar-refractivity contribution < 1.29 is 17.9 Å². The lowest BCUT2D eigenvalue weighted by molar-refractivity contribution is 0.176. The van der Waals surface area contributed by atoms with Crippen molar-refractivity contribution in [3.8, 4) is 0 Å². The van der Waals surface area contributed by atoms with Crippen molar-refractivity contribution in [3.05, 3.63) is 54.3 Å². The van der Waals surface area contributed by atoms with Crippen molar-refractivity contribution in [1.29, 1.82) is 0 Å².